The maximum Gasteiger partial charge on any atom is 0.333 e. The van der Waals surface area contributed by atoms with Crippen LogP contribution in [-0.2, 0) is 14.3 Å². The fourth-order valence-corrected chi connectivity index (χ4v) is 3.75. The lowest BCUT2D eigenvalue weighted by molar-refractivity contribution is -0.145. The molecule has 1 saturated carbocycles. The molecule has 2 aliphatic rings. The summed E-state index contributed by atoms with van der Waals surface area (Å²) in [5, 5.41) is 6.22. The third-order valence-corrected chi connectivity index (χ3v) is 5.56. The Morgan fingerprint density at radius 1 is 1.30 bits per heavy atom. The smallest absolute Gasteiger partial charge is 0.333 e. The Morgan fingerprint density at radius 3 is 2.57 bits per heavy atom. The van der Waals surface area contributed by atoms with Crippen LogP contribution in [0.5, 0.6) is 0 Å². The topological polar surface area (TPSA) is 67.4 Å². The normalized spacial score (nSPS) is 23.1. The number of halogens is 1. The van der Waals surface area contributed by atoms with E-state index >= 15 is 0 Å². The third-order valence-electron chi connectivity index (χ3n) is 5.03. The molecule has 1 aliphatic heterocycles. The van der Waals surface area contributed by atoms with E-state index in [0.29, 0.717) is 0 Å². The lowest BCUT2D eigenvalue weighted by atomic mass is 9.91. The molecular weight excluding hydrogens is 360 g/mol. The summed E-state index contributed by atoms with van der Waals surface area (Å²) in [6.45, 7) is 1.94. The quantitative estimate of drug-likeness (QED) is 0.785. The van der Waals surface area contributed by atoms with Gasteiger partial charge >= 0.3 is 5.97 Å². The zero-order chi connectivity index (χ0) is 16.4. The molecule has 0 radical (unpaired) electrons. The Bertz CT molecular complexity index is 596. The highest BCUT2D eigenvalue weighted by molar-refractivity contribution is 9.10. The van der Waals surface area contributed by atoms with Gasteiger partial charge in [0.05, 0.1) is 7.11 Å². The highest BCUT2D eigenvalue weighted by Crippen LogP contribution is 2.58. The highest BCUT2D eigenvalue weighted by atomic mass is 79.9. The van der Waals surface area contributed by atoms with Gasteiger partial charge in [-0.15, -0.1) is 0 Å². The SMILES string of the molecule is COC(=O)C(NC(=O)C1CC12CCNCC2)c1ccc(Br)cc1. The van der Waals surface area contributed by atoms with Crippen molar-refractivity contribution in [3.8, 4) is 0 Å². The van der Waals surface area contributed by atoms with Gasteiger partial charge in [-0.2, -0.15) is 0 Å². The molecule has 1 spiro atoms. The minimum absolute atomic E-state index is 0.0206. The fraction of sp³-hybridized carbons (Fsp3) is 0.529. The van der Waals surface area contributed by atoms with Crippen molar-refractivity contribution in [3.05, 3.63) is 34.3 Å². The number of hydrogen-bond donors (Lipinski definition) is 2. The number of methoxy groups -OCH3 is 1. The summed E-state index contributed by atoms with van der Waals surface area (Å²) in [6, 6.07) is 6.59. The molecule has 6 heteroatoms. The van der Waals surface area contributed by atoms with Crippen LogP contribution < -0.4 is 10.6 Å². The van der Waals surface area contributed by atoms with E-state index in [1.165, 1.54) is 7.11 Å². The van der Waals surface area contributed by atoms with Crippen molar-refractivity contribution >= 4 is 27.8 Å². The second kappa shape index (κ2) is 6.61. The number of carbonyl (C=O) groups excluding carboxylic acids is 2. The van der Waals surface area contributed by atoms with Crippen LogP contribution in [-0.4, -0.2) is 32.1 Å². The van der Waals surface area contributed by atoms with Crippen molar-refractivity contribution in [2.24, 2.45) is 11.3 Å². The van der Waals surface area contributed by atoms with Crippen LogP contribution in [0, 0.1) is 11.3 Å². The average molecular weight is 381 g/mol. The minimum Gasteiger partial charge on any atom is -0.467 e. The predicted octanol–water partition coefficient (Wildman–Crippen LogP) is 2.17. The van der Waals surface area contributed by atoms with E-state index in [0.717, 1.165) is 42.4 Å². The lowest BCUT2D eigenvalue weighted by Gasteiger charge is -2.24. The van der Waals surface area contributed by atoms with Gasteiger partial charge in [0.15, 0.2) is 6.04 Å². The number of piperidine rings is 1. The summed E-state index contributed by atoms with van der Waals surface area (Å²) in [5.41, 5.74) is 0.879. The molecule has 1 aromatic carbocycles. The number of carbonyl (C=O) groups is 2. The summed E-state index contributed by atoms with van der Waals surface area (Å²) in [5.74, 6) is -0.460. The summed E-state index contributed by atoms with van der Waals surface area (Å²) in [4.78, 5) is 24.7. The first-order chi connectivity index (χ1) is 11.1. The molecular formula is C17H21BrN2O3. The van der Waals surface area contributed by atoms with E-state index in [9.17, 15) is 9.59 Å². The number of nitrogens with one attached hydrogen (secondary N) is 2. The molecule has 2 fully saturated rings. The Hall–Kier alpha value is -1.40. The molecule has 2 atom stereocenters. The van der Waals surface area contributed by atoms with Gasteiger partial charge in [-0.1, -0.05) is 28.1 Å². The van der Waals surface area contributed by atoms with E-state index in [1.807, 2.05) is 24.3 Å². The van der Waals surface area contributed by atoms with Gasteiger partial charge in [-0.3, -0.25) is 4.79 Å². The van der Waals surface area contributed by atoms with Crippen LogP contribution in [0.15, 0.2) is 28.7 Å². The number of amides is 1. The first-order valence-corrected chi connectivity index (χ1v) is 8.69. The average Bonchev–Trinajstić information content (AvgIpc) is 3.26. The number of benzene rings is 1. The van der Waals surface area contributed by atoms with Crippen molar-refractivity contribution in [2.75, 3.05) is 20.2 Å². The van der Waals surface area contributed by atoms with Crippen LogP contribution in [0.2, 0.25) is 0 Å². The van der Waals surface area contributed by atoms with Crippen molar-refractivity contribution in [2.45, 2.75) is 25.3 Å². The standard InChI is InChI=1S/C17H21BrN2O3/c1-23-16(22)14(11-2-4-12(18)5-3-11)20-15(21)13-10-17(13)6-8-19-9-7-17/h2-5,13-14,19H,6-10H2,1H3,(H,20,21). The number of rotatable bonds is 4. The zero-order valence-corrected chi connectivity index (χ0v) is 14.7. The van der Waals surface area contributed by atoms with E-state index in [1.54, 1.807) is 0 Å². The van der Waals surface area contributed by atoms with Gasteiger partial charge in [0, 0.05) is 10.4 Å². The summed E-state index contributed by atoms with van der Waals surface area (Å²) >= 11 is 3.37. The van der Waals surface area contributed by atoms with Crippen LogP contribution in [0.25, 0.3) is 0 Å². The molecule has 2 unspecified atom stereocenters. The fourth-order valence-electron chi connectivity index (χ4n) is 3.49. The van der Waals surface area contributed by atoms with Gasteiger partial charge in [-0.25, -0.2) is 4.79 Å². The molecule has 2 N–H and O–H groups in total. The first-order valence-electron chi connectivity index (χ1n) is 7.90. The van der Waals surface area contributed by atoms with Crippen molar-refractivity contribution in [1.29, 1.82) is 0 Å². The lowest BCUT2D eigenvalue weighted by Crippen LogP contribution is -2.38. The Balaban J connectivity index is 1.70. The first kappa shape index (κ1) is 16.5. The molecule has 23 heavy (non-hydrogen) atoms. The zero-order valence-electron chi connectivity index (χ0n) is 13.1. The van der Waals surface area contributed by atoms with E-state index in [4.69, 9.17) is 4.74 Å². The molecule has 1 aliphatic carbocycles. The number of hydrogen-bond acceptors (Lipinski definition) is 4. The molecule has 0 bridgehead atoms. The van der Waals surface area contributed by atoms with Crippen molar-refractivity contribution in [3.63, 3.8) is 0 Å². The third kappa shape index (κ3) is 3.43. The minimum atomic E-state index is -0.750. The van der Waals surface area contributed by atoms with Crippen LogP contribution in [0.4, 0.5) is 0 Å². The highest BCUT2D eigenvalue weighted by Gasteiger charge is 2.58. The maximum atomic E-state index is 12.6. The molecule has 124 valence electrons. The largest absolute Gasteiger partial charge is 0.467 e. The van der Waals surface area contributed by atoms with Gasteiger partial charge in [-0.05, 0) is 55.5 Å². The maximum absolute atomic E-state index is 12.6. The molecule has 0 aromatic heterocycles. The van der Waals surface area contributed by atoms with Gasteiger partial charge < -0.3 is 15.4 Å². The summed E-state index contributed by atoms with van der Waals surface area (Å²) < 4.78 is 5.78. The second-order valence-corrected chi connectivity index (χ2v) is 7.30. The summed E-state index contributed by atoms with van der Waals surface area (Å²) in [7, 11) is 1.34. The van der Waals surface area contributed by atoms with E-state index < -0.39 is 12.0 Å². The number of ether oxygens (including phenoxy) is 1. The molecule has 5 nitrogen and oxygen atoms in total. The second-order valence-electron chi connectivity index (χ2n) is 6.39. The Labute approximate surface area is 144 Å². The predicted molar refractivity (Wildman–Crippen MR) is 89.7 cm³/mol. The van der Waals surface area contributed by atoms with E-state index in [2.05, 4.69) is 26.6 Å². The van der Waals surface area contributed by atoms with Crippen LogP contribution >= 0.6 is 15.9 Å². The Morgan fingerprint density at radius 2 is 1.96 bits per heavy atom. The Kier molecular flexibility index (Phi) is 4.73. The molecule has 1 amide bonds. The summed E-state index contributed by atoms with van der Waals surface area (Å²) in [6.07, 6.45) is 2.99. The van der Waals surface area contributed by atoms with Gasteiger partial charge in [0.25, 0.3) is 0 Å². The number of esters is 1. The molecule has 3 rings (SSSR count). The molecule has 1 aromatic rings. The van der Waals surface area contributed by atoms with Crippen molar-refractivity contribution in [1.82, 2.24) is 10.6 Å². The molecule has 1 saturated heterocycles. The molecule has 1 heterocycles. The van der Waals surface area contributed by atoms with Gasteiger partial charge in [0.2, 0.25) is 5.91 Å². The van der Waals surface area contributed by atoms with E-state index in [-0.39, 0.29) is 17.2 Å². The monoisotopic (exact) mass is 380 g/mol. The van der Waals surface area contributed by atoms with Crippen molar-refractivity contribution < 1.29 is 14.3 Å². The van der Waals surface area contributed by atoms with Crippen LogP contribution in [0.1, 0.15) is 30.9 Å². The van der Waals surface area contributed by atoms with Gasteiger partial charge in [0.1, 0.15) is 0 Å². The van der Waals surface area contributed by atoms with Crippen LogP contribution in [0.3, 0.4) is 0 Å².